The summed E-state index contributed by atoms with van der Waals surface area (Å²) < 4.78 is 8.15. The third-order valence-corrected chi connectivity index (χ3v) is 5.61. The van der Waals surface area contributed by atoms with Crippen molar-refractivity contribution in [1.82, 2.24) is 19.9 Å². The van der Waals surface area contributed by atoms with Crippen molar-refractivity contribution in [3.05, 3.63) is 60.1 Å². The minimum absolute atomic E-state index is 0.0606. The lowest BCUT2D eigenvalue weighted by Crippen LogP contribution is -2.32. The predicted molar refractivity (Wildman–Crippen MR) is 113 cm³/mol. The van der Waals surface area contributed by atoms with Gasteiger partial charge in [0.1, 0.15) is 11.9 Å². The fourth-order valence-electron chi connectivity index (χ4n) is 4.19. The van der Waals surface area contributed by atoms with E-state index in [9.17, 15) is 9.90 Å². The van der Waals surface area contributed by atoms with Gasteiger partial charge >= 0.3 is 6.09 Å². The number of nitrogens with zero attached hydrogens (tertiary/aromatic N) is 4. The monoisotopic (exact) mass is 405 g/mol. The highest BCUT2D eigenvalue weighted by Gasteiger charge is 2.32. The number of allylic oxidation sites excluding steroid dienone is 1. The molecule has 1 atom stereocenters. The molecule has 0 spiro atoms. The Kier molecular flexibility index (Phi) is 4.84. The predicted octanol–water partition coefficient (Wildman–Crippen LogP) is 3.33. The van der Waals surface area contributed by atoms with Crippen LogP contribution >= 0.6 is 0 Å². The molecular weight excluding hydrogens is 382 g/mol. The first kappa shape index (κ1) is 18.6. The lowest BCUT2D eigenvalue weighted by molar-refractivity contribution is 0.186. The van der Waals surface area contributed by atoms with Gasteiger partial charge in [0.2, 0.25) is 0 Å². The van der Waals surface area contributed by atoms with E-state index in [1.807, 2.05) is 48.7 Å². The highest BCUT2D eigenvalue weighted by Crippen LogP contribution is 2.41. The third kappa shape index (κ3) is 3.29. The highest BCUT2D eigenvalue weighted by atomic mass is 16.5. The molecule has 8 nitrogen and oxygen atoms in total. The number of ether oxygens (including phenoxy) is 1. The van der Waals surface area contributed by atoms with Crippen molar-refractivity contribution in [2.45, 2.75) is 31.8 Å². The van der Waals surface area contributed by atoms with Gasteiger partial charge in [-0.3, -0.25) is 4.40 Å². The number of amides is 1. The second-order valence-electron chi connectivity index (χ2n) is 7.55. The number of nitrogens with one attached hydrogen (secondary N) is 1. The van der Waals surface area contributed by atoms with Crippen LogP contribution in [0.1, 0.15) is 30.7 Å². The van der Waals surface area contributed by atoms with E-state index in [1.165, 1.54) is 4.90 Å². The van der Waals surface area contributed by atoms with Gasteiger partial charge < -0.3 is 15.2 Å². The van der Waals surface area contributed by atoms with E-state index in [0.29, 0.717) is 35.0 Å². The van der Waals surface area contributed by atoms with E-state index in [-0.39, 0.29) is 6.10 Å². The quantitative estimate of drug-likeness (QED) is 0.694. The van der Waals surface area contributed by atoms with Crippen molar-refractivity contribution in [2.75, 3.05) is 18.0 Å². The molecule has 3 aromatic rings. The second-order valence-corrected chi connectivity index (χ2v) is 7.55. The molecule has 5 rings (SSSR count). The van der Waals surface area contributed by atoms with Crippen molar-refractivity contribution in [2.24, 2.45) is 0 Å². The van der Waals surface area contributed by atoms with Gasteiger partial charge in [-0.25, -0.2) is 9.69 Å². The third-order valence-electron chi connectivity index (χ3n) is 5.61. The molecule has 0 bridgehead atoms. The molecule has 1 fully saturated rings. The van der Waals surface area contributed by atoms with E-state index >= 15 is 0 Å². The van der Waals surface area contributed by atoms with Gasteiger partial charge in [0.05, 0.1) is 11.4 Å². The zero-order valence-corrected chi connectivity index (χ0v) is 16.5. The summed E-state index contributed by atoms with van der Waals surface area (Å²) in [4.78, 5) is 13.7. The number of anilines is 1. The van der Waals surface area contributed by atoms with Gasteiger partial charge in [0.15, 0.2) is 11.5 Å². The molecule has 8 heteroatoms. The van der Waals surface area contributed by atoms with Crippen LogP contribution in [0.3, 0.4) is 0 Å². The minimum atomic E-state index is -1.08. The summed E-state index contributed by atoms with van der Waals surface area (Å²) in [5, 5.41) is 22.0. The van der Waals surface area contributed by atoms with Gasteiger partial charge in [-0.2, -0.15) is 0 Å². The van der Waals surface area contributed by atoms with Crippen LogP contribution in [0.4, 0.5) is 10.5 Å². The van der Waals surface area contributed by atoms with Crippen LogP contribution in [-0.4, -0.2) is 45.0 Å². The topological polar surface area (TPSA) is 92.0 Å². The first-order chi connectivity index (χ1) is 14.7. The van der Waals surface area contributed by atoms with Crippen molar-refractivity contribution >= 4 is 23.1 Å². The van der Waals surface area contributed by atoms with E-state index in [1.54, 1.807) is 4.40 Å². The zero-order valence-electron chi connectivity index (χ0n) is 16.5. The largest absolute Gasteiger partial charge is 0.488 e. The van der Waals surface area contributed by atoms with E-state index < -0.39 is 6.09 Å². The molecule has 1 saturated heterocycles. The Morgan fingerprint density at radius 1 is 1.13 bits per heavy atom. The summed E-state index contributed by atoms with van der Waals surface area (Å²) >= 11 is 0. The lowest BCUT2D eigenvalue weighted by atomic mass is 10.0. The number of carboxylic acid groups (broad SMARTS) is 1. The molecule has 2 N–H and O–H groups in total. The average Bonchev–Trinajstić information content (AvgIpc) is 3.02. The van der Waals surface area contributed by atoms with E-state index in [0.717, 1.165) is 37.9 Å². The maximum atomic E-state index is 12.4. The summed E-state index contributed by atoms with van der Waals surface area (Å²) in [6, 6.07) is 11.3. The average molecular weight is 405 g/mol. The van der Waals surface area contributed by atoms with Crippen molar-refractivity contribution in [3.8, 4) is 5.75 Å². The number of hydrogen-bond acceptors (Lipinski definition) is 5. The van der Waals surface area contributed by atoms with Gasteiger partial charge in [-0.05, 0) is 62.5 Å². The van der Waals surface area contributed by atoms with Crippen LogP contribution in [0.25, 0.3) is 11.3 Å². The molecule has 154 valence electrons. The molecule has 2 aliphatic heterocycles. The van der Waals surface area contributed by atoms with Crippen molar-refractivity contribution in [1.29, 1.82) is 0 Å². The number of pyridine rings is 1. The number of fused-ring (bicyclic) bond motifs is 2. The molecule has 4 heterocycles. The van der Waals surface area contributed by atoms with E-state index in [2.05, 4.69) is 15.5 Å². The molecular formula is C22H23N5O3. The molecule has 0 saturated carbocycles. The SMILES string of the molecule is O=C(O)N1C(c2nnc3ccccn23)=CCc2cccc(OC3CCCNCC3)c21. The van der Waals surface area contributed by atoms with Crippen molar-refractivity contribution in [3.63, 3.8) is 0 Å². The number of aromatic nitrogens is 3. The van der Waals surface area contributed by atoms with Crippen LogP contribution < -0.4 is 15.0 Å². The van der Waals surface area contributed by atoms with Gasteiger partial charge in [0, 0.05) is 6.20 Å². The Labute approximate surface area is 173 Å². The van der Waals surface area contributed by atoms with Crippen LogP contribution in [0.2, 0.25) is 0 Å². The maximum absolute atomic E-state index is 12.4. The Morgan fingerprint density at radius 3 is 2.97 bits per heavy atom. The van der Waals surface area contributed by atoms with Crippen LogP contribution in [0.15, 0.2) is 48.7 Å². The standard InChI is InChI=1S/C22H23N5O3/c28-22(29)27-17(21-25-24-19-8-1-2-14-26(19)21)10-9-15-5-3-7-18(20(15)27)30-16-6-4-12-23-13-11-16/h1-3,5,7-8,10,14,16,23H,4,6,9,11-13H2,(H,28,29). The minimum Gasteiger partial charge on any atom is -0.488 e. The molecule has 1 unspecified atom stereocenters. The summed E-state index contributed by atoms with van der Waals surface area (Å²) in [6.45, 7) is 1.89. The number of hydrogen-bond donors (Lipinski definition) is 2. The first-order valence-corrected chi connectivity index (χ1v) is 10.2. The maximum Gasteiger partial charge on any atom is 0.416 e. The van der Waals surface area contributed by atoms with Gasteiger partial charge in [-0.1, -0.05) is 24.3 Å². The smallest absolute Gasteiger partial charge is 0.416 e. The molecule has 0 radical (unpaired) electrons. The summed E-state index contributed by atoms with van der Waals surface area (Å²) in [5.74, 6) is 1.09. The van der Waals surface area contributed by atoms with Gasteiger partial charge in [0.25, 0.3) is 0 Å². The van der Waals surface area contributed by atoms with E-state index in [4.69, 9.17) is 4.74 Å². The van der Waals surface area contributed by atoms with Crippen molar-refractivity contribution < 1.29 is 14.6 Å². The molecule has 2 aliphatic rings. The summed E-state index contributed by atoms with van der Waals surface area (Å²) in [7, 11) is 0. The molecule has 1 amide bonds. The van der Waals surface area contributed by atoms with Crippen LogP contribution in [-0.2, 0) is 6.42 Å². The van der Waals surface area contributed by atoms with Gasteiger partial charge in [-0.15, -0.1) is 10.2 Å². The zero-order chi connectivity index (χ0) is 20.5. The normalized spacial score (nSPS) is 19.1. The molecule has 1 aromatic carbocycles. The number of rotatable bonds is 3. The Hall–Kier alpha value is -3.39. The lowest BCUT2D eigenvalue weighted by Gasteiger charge is -2.30. The number of para-hydroxylation sites is 1. The second kappa shape index (κ2) is 7.79. The van der Waals surface area contributed by atoms with Crippen LogP contribution in [0, 0.1) is 0 Å². The fourth-order valence-corrected chi connectivity index (χ4v) is 4.19. The molecule has 0 aliphatic carbocycles. The number of benzene rings is 1. The Bertz CT molecular complexity index is 1110. The summed E-state index contributed by atoms with van der Waals surface area (Å²) in [5.41, 5.74) is 2.65. The number of carbonyl (C=O) groups is 1. The Morgan fingerprint density at radius 2 is 2.07 bits per heavy atom. The molecule has 30 heavy (non-hydrogen) atoms. The van der Waals surface area contributed by atoms with Crippen LogP contribution in [0.5, 0.6) is 5.75 Å². The Balaban J connectivity index is 1.57. The summed E-state index contributed by atoms with van der Waals surface area (Å²) in [6.07, 6.45) is 6.19. The highest BCUT2D eigenvalue weighted by molar-refractivity contribution is 6.04. The fraction of sp³-hybridized carbons (Fsp3) is 0.318. The first-order valence-electron chi connectivity index (χ1n) is 10.2. The molecule has 2 aromatic heterocycles.